The molecule has 0 heterocycles. The first-order valence-corrected chi connectivity index (χ1v) is 6.10. The molecule has 0 radical (unpaired) electrons. The van der Waals surface area contributed by atoms with Crippen molar-refractivity contribution in [2.45, 2.75) is 20.5 Å². The summed E-state index contributed by atoms with van der Waals surface area (Å²) in [6.07, 6.45) is 0. The molecule has 20 heavy (non-hydrogen) atoms. The molecule has 0 saturated heterocycles. The smallest absolute Gasteiger partial charge is 0.304 e. The van der Waals surface area contributed by atoms with Crippen molar-refractivity contribution in [1.82, 2.24) is 0 Å². The third kappa shape index (κ3) is 3.12. The molecule has 0 aliphatic carbocycles. The van der Waals surface area contributed by atoms with Crippen molar-refractivity contribution in [3.63, 3.8) is 0 Å². The quantitative estimate of drug-likeness (QED) is 0.627. The molecule has 2 aromatic rings. The van der Waals surface area contributed by atoms with Gasteiger partial charge in [-0.25, -0.2) is 0 Å². The summed E-state index contributed by atoms with van der Waals surface area (Å²) < 4.78 is 19.0. The van der Waals surface area contributed by atoms with Gasteiger partial charge in [0.15, 0.2) is 0 Å². The minimum absolute atomic E-state index is 0.164. The number of rotatable bonds is 4. The summed E-state index contributed by atoms with van der Waals surface area (Å²) >= 11 is 0. The van der Waals surface area contributed by atoms with Crippen LogP contribution in [0.15, 0.2) is 36.4 Å². The van der Waals surface area contributed by atoms with Crippen LogP contribution in [0.1, 0.15) is 16.7 Å². The van der Waals surface area contributed by atoms with Crippen molar-refractivity contribution < 1.29 is 14.1 Å². The molecule has 0 unspecified atom stereocenters. The van der Waals surface area contributed by atoms with E-state index in [-0.39, 0.29) is 6.61 Å². The summed E-state index contributed by atoms with van der Waals surface area (Å²) in [6.45, 7) is 4.15. The molecule has 0 aliphatic heterocycles. The highest BCUT2D eigenvalue weighted by Crippen LogP contribution is 2.21. The van der Waals surface area contributed by atoms with Gasteiger partial charge in [-0.05, 0) is 54.8 Å². The molecule has 4 nitrogen and oxygen atoms in total. The summed E-state index contributed by atoms with van der Waals surface area (Å²) in [5, 5.41) is 10.5. The van der Waals surface area contributed by atoms with Gasteiger partial charge in [-0.15, -0.1) is 0 Å². The Hall–Kier alpha value is -2.43. The van der Waals surface area contributed by atoms with Crippen LogP contribution >= 0.6 is 0 Å². The minimum atomic E-state index is -0.851. The first kappa shape index (κ1) is 14.0. The molecular formula is C15H14FNO3. The first-order chi connectivity index (χ1) is 9.47. The fourth-order valence-electron chi connectivity index (χ4n) is 1.76. The van der Waals surface area contributed by atoms with Crippen LogP contribution in [-0.4, -0.2) is 4.92 Å². The maximum Gasteiger partial charge on any atom is 0.304 e. The lowest BCUT2D eigenvalue weighted by molar-refractivity contribution is -0.387. The predicted molar refractivity (Wildman–Crippen MR) is 73.3 cm³/mol. The van der Waals surface area contributed by atoms with Gasteiger partial charge >= 0.3 is 5.69 Å². The Balaban J connectivity index is 2.09. The van der Waals surface area contributed by atoms with E-state index in [1.807, 2.05) is 32.0 Å². The van der Waals surface area contributed by atoms with Crippen molar-refractivity contribution in [2.24, 2.45) is 0 Å². The van der Waals surface area contributed by atoms with Crippen molar-refractivity contribution in [1.29, 1.82) is 0 Å². The number of hydrogen-bond donors (Lipinski definition) is 0. The van der Waals surface area contributed by atoms with E-state index in [4.69, 9.17) is 4.74 Å². The van der Waals surface area contributed by atoms with Crippen molar-refractivity contribution in [3.8, 4) is 5.75 Å². The highest BCUT2D eigenvalue weighted by Gasteiger charge is 2.13. The Morgan fingerprint density at radius 1 is 1.15 bits per heavy atom. The molecule has 0 atom stereocenters. The summed E-state index contributed by atoms with van der Waals surface area (Å²) in [4.78, 5) is 9.77. The number of nitrogens with zero attached hydrogens (tertiary/aromatic N) is 1. The molecule has 5 heteroatoms. The van der Waals surface area contributed by atoms with Crippen LogP contribution in [0.25, 0.3) is 0 Å². The van der Waals surface area contributed by atoms with E-state index in [1.165, 1.54) is 11.6 Å². The molecule has 104 valence electrons. The van der Waals surface area contributed by atoms with E-state index in [0.29, 0.717) is 11.3 Å². The van der Waals surface area contributed by atoms with Gasteiger partial charge in [-0.1, -0.05) is 6.07 Å². The second-order valence-electron chi connectivity index (χ2n) is 4.58. The zero-order chi connectivity index (χ0) is 14.7. The van der Waals surface area contributed by atoms with Crippen LogP contribution in [0.3, 0.4) is 0 Å². The van der Waals surface area contributed by atoms with Gasteiger partial charge in [0, 0.05) is 6.07 Å². The molecular weight excluding hydrogens is 261 g/mol. The zero-order valence-electron chi connectivity index (χ0n) is 11.2. The molecule has 0 bridgehead atoms. The predicted octanol–water partition coefficient (Wildman–Crippen LogP) is 3.93. The Labute approximate surface area is 116 Å². The molecule has 2 rings (SSSR count). The first-order valence-electron chi connectivity index (χ1n) is 6.10. The van der Waals surface area contributed by atoms with E-state index >= 15 is 0 Å². The van der Waals surface area contributed by atoms with Gasteiger partial charge < -0.3 is 4.74 Å². The molecule has 0 saturated carbocycles. The molecule has 2 aromatic carbocycles. The number of benzene rings is 2. The third-order valence-corrected chi connectivity index (χ3v) is 3.09. The number of nitro benzene ring substituents is 1. The van der Waals surface area contributed by atoms with E-state index in [2.05, 4.69) is 0 Å². The lowest BCUT2D eigenvalue weighted by atomic mass is 10.1. The fraction of sp³-hybridized carbons (Fsp3) is 0.200. The Kier molecular flexibility index (Phi) is 3.98. The maximum absolute atomic E-state index is 13.4. The zero-order valence-corrected chi connectivity index (χ0v) is 11.2. The summed E-state index contributed by atoms with van der Waals surface area (Å²) in [7, 11) is 0. The van der Waals surface area contributed by atoms with Crippen LogP contribution in [-0.2, 0) is 6.61 Å². The highest BCUT2D eigenvalue weighted by atomic mass is 19.1. The van der Waals surface area contributed by atoms with Gasteiger partial charge in [-0.3, -0.25) is 10.1 Å². The van der Waals surface area contributed by atoms with Gasteiger partial charge in [0.2, 0.25) is 5.82 Å². The number of halogens is 1. The molecule has 0 N–H and O–H groups in total. The van der Waals surface area contributed by atoms with Crippen LogP contribution in [0.2, 0.25) is 0 Å². The third-order valence-electron chi connectivity index (χ3n) is 3.09. The van der Waals surface area contributed by atoms with Gasteiger partial charge in [0.25, 0.3) is 0 Å². The molecule has 0 fully saturated rings. The van der Waals surface area contributed by atoms with Crippen LogP contribution in [0.5, 0.6) is 5.75 Å². The van der Waals surface area contributed by atoms with E-state index < -0.39 is 16.4 Å². The Morgan fingerprint density at radius 3 is 2.50 bits per heavy atom. The topological polar surface area (TPSA) is 52.4 Å². The van der Waals surface area contributed by atoms with Crippen molar-refractivity contribution in [2.75, 3.05) is 0 Å². The summed E-state index contributed by atoms with van der Waals surface area (Å²) in [6, 6.07) is 9.44. The number of ether oxygens (including phenoxy) is 1. The maximum atomic E-state index is 13.4. The largest absolute Gasteiger partial charge is 0.489 e. The summed E-state index contributed by atoms with van der Waals surface area (Å²) in [5.41, 5.74) is 2.29. The molecule has 0 aliphatic rings. The second-order valence-corrected chi connectivity index (χ2v) is 4.58. The number of aryl methyl sites for hydroxylation is 2. The van der Waals surface area contributed by atoms with Gasteiger partial charge in [0.05, 0.1) is 4.92 Å². The molecule has 0 aromatic heterocycles. The fourth-order valence-corrected chi connectivity index (χ4v) is 1.76. The average molecular weight is 275 g/mol. The van der Waals surface area contributed by atoms with Gasteiger partial charge in [-0.2, -0.15) is 4.39 Å². The lowest BCUT2D eigenvalue weighted by Gasteiger charge is -2.08. The van der Waals surface area contributed by atoms with Crippen LogP contribution in [0, 0.1) is 29.8 Å². The normalized spacial score (nSPS) is 10.3. The molecule has 0 spiro atoms. The van der Waals surface area contributed by atoms with Crippen molar-refractivity contribution >= 4 is 5.69 Å². The van der Waals surface area contributed by atoms with E-state index in [1.54, 1.807) is 0 Å². The highest BCUT2D eigenvalue weighted by molar-refractivity contribution is 5.36. The van der Waals surface area contributed by atoms with Crippen molar-refractivity contribution in [3.05, 3.63) is 69.0 Å². The number of nitro groups is 1. The van der Waals surface area contributed by atoms with E-state index in [9.17, 15) is 14.5 Å². The Morgan fingerprint density at radius 2 is 1.90 bits per heavy atom. The Bertz CT molecular complexity index is 656. The summed E-state index contributed by atoms with van der Waals surface area (Å²) in [5.74, 6) is -0.164. The monoisotopic (exact) mass is 275 g/mol. The van der Waals surface area contributed by atoms with Crippen LogP contribution < -0.4 is 4.74 Å². The van der Waals surface area contributed by atoms with E-state index in [0.717, 1.165) is 17.7 Å². The van der Waals surface area contributed by atoms with Gasteiger partial charge in [0.1, 0.15) is 12.4 Å². The SMILES string of the molecule is Cc1ccc(OCc2ccc([N+](=O)[O-])c(F)c2)cc1C. The van der Waals surface area contributed by atoms with Crippen LogP contribution in [0.4, 0.5) is 10.1 Å². The minimum Gasteiger partial charge on any atom is -0.489 e. The average Bonchev–Trinajstić information content (AvgIpc) is 2.40. The molecule has 0 amide bonds. The lowest BCUT2D eigenvalue weighted by Crippen LogP contribution is -1.99. The standard InChI is InChI=1S/C15H14FNO3/c1-10-3-5-13(7-11(10)2)20-9-12-4-6-15(17(18)19)14(16)8-12/h3-8H,9H2,1-2H3. The second kappa shape index (κ2) is 5.69. The number of hydrogen-bond acceptors (Lipinski definition) is 3.